The maximum absolute atomic E-state index is 13.5. The van der Waals surface area contributed by atoms with Gasteiger partial charge in [0.25, 0.3) is 5.91 Å². The number of thiophene rings is 1. The average Bonchev–Trinajstić information content (AvgIpc) is 3.61. The summed E-state index contributed by atoms with van der Waals surface area (Å²) in [5.41, 5.74) is 4.19. The highest BCUT2D eigenvalue weighted by Crippen LogP contribution is 2.45. The van der Waals surface area contributed by atoms with E-state index in [9.17, 15) is 4.79 Å². The number of carbonyl (C=O) groups is 1. The van der Waals surface area contributed by atoms with Crippen LogP contribution in [0.1, 0.15) is 70.4 Å². The number of furan rings is 1. The number of carbonyl (C=O) groups excluding carboxylic acids is 1. The number of nitrogens with zero attached hydrogens (tertiary/aromatic N) is 2. The molecule has 41 heavy (non-hydrogen) atoms. The molecule has 0 bridgehead atoms. The van der Waals surface area contributed by atoms with E-state index >= 15 is 0 Å². The minimum Gasteiger partial charge on any atom is -0.488 e. The predicted octanol–water partition coefficient (Wildman–Crippen LogP) is 8.28. The predicted molar refractivity (Wildman–Crippen MR) is 163 cm³/mol. The van der Waals surface area contributed by atoms with Crippen LogP contribution in [0, 0.1) is 22.7 Å². The fourth-order valence-corrected chi connectivity index (χ4v) is 6.47. The van der Waals surface area contributed by atoms with Crippen LogP contribution in [0.2, 0.25) is 5.02 Å². The fourth-order valence-electron chi connectivity index (χ4n) is 5.02. The average molecular weight is 586 g/mol. The molecule has 0 fully saturated rings. The van der Waals surface area contributed by atoms with E-state index in [0.717, 1.165) is 30.4 Å². The maximum Gasteiger partial charge on any atom is 0.255 e. The van der Waals surface area contributed by atoms with Crippen molar-refractivity contribution in [2.24, 2.45) is 16.3 Å². The van der Waals surface area contributed by atoms with Crippen LogP contribution in [0.15, 0.2) is 70.3 Å². The molecule has 0 aliphatic heterocycles. The van der Waals surface area contributed by atoms with Crippen molar-refractivity contribution in [2.75, 3.05) is 0 Å². The van der Waals surface area contributed by atoms with Gasteiger partial charge in [0.1, 0.15) is 23.1 Å². The smallest absolute Gasteiger partial charge is 0.255 e. The van der Waals surface area contributed by atoms with Crippen LogP contribution in [0.4, 0.5) is 5.00 Å². The van der Waals surface area contributed by atoms with Crippen LogP contribution in [-0.4, -0.2) is 12.1 Å². The van der Waals surface area contributed by atoms with E-state index in [-0.39, 0.29) is 11.3 Å². The highest BCUT2D eigenvalue weighted by atomic mass is 35.5. The van der Waals surface area contributed by atoms with Gasteiger partial charge < -0.3 is 14.5 Å². The van der Waals surface area contributed by atoms with Crippen LogP contribution >= 0.6 is 22.9 Å². The molecule has 0 spiro atoms. The number of benzene rings is 2. The Kier molecular flexibility index (Phi) is 8.63. The Morgan fingerprint density at radius 1 is 1.24 bits per heavy atom. The Balaban J connectivity index is 1.43. The second-order valence-corrected chi connectivity index (χ2v) is 12.8. The van der Waals surface area contributed by atoms with Gasteiger partial charge in [0, 0.05) is 21.7 Å². The van der Waals surface area contributed by atoms with E-state index in [0.29, 0.717) is 57.3 Å². The molecule has 2 aromatic heterocycles. The molecule has 6 nitrogen and oxygen atoms in total. The summed E-state index contributed by atoms with van der Waals surface area (Å²) in [6, 6.07) is 18.5. The molecule has 0 saturated heterocycles. The Labute approximate surface area is 249 Å². The highest BCUT2D eigenvalue weighted by Gasteiger charge is 2.33. The summed E-state index contributed by atoms with van der Waals surface area (Å²) in [4.78, 5) is 19.6. The number of hydrogen-bond acceptors (Lipinski definition) is 6. The largest absolute Gasteiger partial charge is 0.488 e. The van der Waals surface area contributed by atoms with Crippen LogP contribution in [0.3, 0.4) is 0 Å². The van der Waals surface area contributed by atoms with Gasteiger partial charge in [-0.05, 0) is 84.2 Å². The lowest BCUT2D eigenvalue weighted by Crippen LogP contribution is -2.28. The van der Waals surface area contributed by atoms with Gasteiger partial charge in [-0.1, -0.05) is 44.5 Å². The molecule has 210 valence electrons. The Morgan fingerprint density at radius 3 is 2.76 bits per heavy atom. The molecule has 2 aromatic carbocycles. The Morgan fingerprint density at radius 2 is 2.05 bits per heavy atom. The van der Waals surface area contributed by atoms with Crippen molar-refractivity contribution in [2.45, 2.75) is 53.2 Å². The van der Waals surface area contributed by atoms with E-state index in [1.54, 1.807) is 48.1 Å². The lowest BCUT2D eigenvalue weighted by Gasteiger charge is -2.33. The molecular formula is C33H32ClN3O3S. The summed E-state index contributed by atoms with van der Waals surface area (Å²) < 4.78 is 11.5. The number of ether oxygens (including phenoxy) is 1. The number of fused-ring (bicyclic) bond motifs is 1. The van der Waals surface area contributed by atoms with Crippen LogP contribution < -0.4 is 10.1 Å². The number of nitrogens with one attached hydrogen (secondary N) is 1. The van der Waals surface area contributed by atoms with Crippen molar-refractivity contribution in [1.82, 2.24) is 5.32 Å². The molecule has 1 atom stereocenters. The Bertz CT molecular complexity index is 1590. The normalized spacial score (nSPS) is 15.0. The van der Waals surface area contributed by atoms with Gasteiger partial charge in [0.2, 0.25) is 0 Å². The van der Waals surface area contributed by atoms with Gasteiger partial charge in [-0.3, -0.25) is 4.79 Å². The quantitative estimate of drug-likeness (QED) is 0.211. The van der Waals surface area contributed by atoms with Crippen molar-refractivity contribution >= 4 is 40.1 Å². The third kappa shape index (κ3) is 6.90. The molecule has 1 N–H and O–H groups in total. The van der Waals surface area contributed by atoms with E-state index in [2.05, 4.69) is 32.2 Å². The first-order valence-corrected chi connectivity index (χ1v) is 14.8. The van der Waals surface area contributed by atoms with Crippen molar-refractivity contribution < 1.29 is 13.9 Å². The molecule has 1 amide bonds. The SMILES string of the molecule is CC(C)(C)[C@H]1CCc2c(sc(N=Cc3cc(Cl)ccc3OCc3ccc(C#N)cc3)c2C(=O)NCc2ccco2)C1. The van der Waals surface area contributed by atoms with E-state index < -0.39 is 0 Å². The minimum atomic E-state index is -0.149. The molecule has 0 radical (unpaired) electrons. The molecule has 8 heteroatoms. The Hall–Kier alpha value is -3.86. The topological polar surface area (TPSA) is 87.6 Å². The second-order valence-electron chi connectivity index (χ2n) is 11.3. The van der Waals surface area contributed by atoms with Gasteiger partial charge in [0.05, 0.1) is 30.0 Å². The van der Waals surface area contributed by atoms with Crippen molar-refractivity contribution in [3.8, 4) is 11.8 Å². The maximum atomic E-state index is 13.5. The summed E-state index contributed by atoms with van der Waals surface area (Å²) in [6.45, 7) is 7.49. The zero-order valence-corrected chi connectivity index (χ0v) is 24.9. The fraction of sp³-hybridized carbons (Fsp3) is 0.303. The third-order valence-corrected chi connectivity index (χ3v) is 8.87. The first-order valence-electron chi connectivity index (χ1n) is 13.6. The monoisotopic (exact) mass is 585 g/mol. The standard InChI is InChI=1S/C33H32ClN3O3S/c1-33(2,3)24-10-12-27-29(16-24)41-32(30(27)31(38)36-19-26-5-4-14-39-26)37-18-23-15-25(34)11-13-28(23)40-20-22-8-6-21(17-35)7-9-22/h4-9,11,13-15,18,24H,10,12,16,19-20H2,1-3H3,(H,36,38)/t24-/m0/s1. The molecule has 5 rings (SSSR count). The van der Waals surface area contributed by atoms with Crippen molar-refractivity contribution in [3.63, 3.8) is 0 Å². The molecule has 0 unspecified atom stereocenters. The summed E-state index contributed by atoms with van der Waals surface area (Å²) >= 11 is 7.94. The summed E-state index contributed by atoms with van der Waals surface area (Å²) in [5.74, 6) is 1.71. The summed E-state index contributed by atoms with van der Waals surface area (Å²) in [6.07, 6.45) is 6.15. The molecule has 4 aromatic rings. The van der Waals surface area contributed by atoms with Gasteiger partial charge >= 0.3 is 0 Å². The first kappa shape index (κ1) is 28.7. The zero-order chi connectivity index (χ0) is 29.0. The third-order valence-electron chi connectivity index (χ3n) is 7.47. The van der Waals surface area contributed by atoms with E-state index in [1.165, 1.54) is 4.88 Å². The number of hydrogen-bond donors (Lipinski definition) is 1. The number of rotatable bonds is 8. The van der Waals surface area contributed by atoms with Crippen molar-refractivity contribution in [1.29, 1.82) is 5.26 Å². The molecule has 1 aliphatic carbocycles. The second kappa shape index (κ2) is 12.3. The highest BCUT2D eigenvalue weighted by molar-refractivity contribution is 7.16. The number of nitriles is 1. The van der Waals surface area contributed by atoms with E-state index in [1.807, 2.05) is 30.3 Å². The molecule has 1 aliphatic rings. The van der Waals surface area contributed by atoms with Crippen LogP contribution in [0.25, 0.3) is 0 Å². The van der Waals surface area contributed by atoms with Crippen LogP contribution in [-0.2, 0) is 26.0 Å². The van der Waals surface area contributed by atoms with Gasteiger partial charge in [0.15, 0.2) is 0 Å². The number of aliphatic imine (C=N–C) groups is 1. The van der Waals surface area contributed by atoms with Crippen molar-refractivity contribution in [3.05, 3.63) is 104 Å². The van der Waals surface area contributed by atoms with E-state index in [4.69, 9.17) is 31.0 Å². The van der Waals surface area contributed by atoms with Crippen LogP contribution in [0.5, 0.6) is 5.75 Å². The zero-order valence-electron chi connectivity index (χ0n) is 23.4. The number of halogens is 1. The van der Waals surface area contributed by atoms with Gasteiger partial charge in [-0.15, -0.1) is 11.3 Å². The molecular weight excluding hydrogens is 554 g/mol. The summed E-state index contributed by atoms with van der Waals surface area (Å²) in [7, 11) is 0. The number of amides is 1. The van der Waals surface area contributed by atoms with Gasteiger partial charge in [-0.2, -0.15) is 5.26 Å². The minimum absolute atomic E-state index is 0.149. The lowest BCUT2D eigenvalue weighted by molar-refractivity contribution is 0.0947. The first-order chi connectivity index (χ1) is 19.7. The lowest BCUT2D eigenvalue weighted by atomic mass is 9.72. The molecule has 0 saturated carbocycles. The summed E-state index contributed by atoms with van der Waals surface area (Å²) in [5, 5.41) is 13.3. The molecule has 2 heterocycles. The van der Waals surface area contributed by atoms with Gasteiger partial charge in [-0.25, -0.2) is 4.99 Å².